The summed E-state index contributed by atoms with van der Waals surface area (Å²) < 4.78 is 37.8. The van der Waals surface area contributed by atoms with Crippen molar-refractivity contribution in [2.24, 2.45) is 0 Å². The predicted octanol–water partition coefficient (Wildman–Crippen LogP) is 2.48. The van der Waals surface area contributed by atoms with Gasteiger partial charge in [0.15, 0.2) is 6.29 Å². The minimum Gasteiger partial charge on any atom is -0.348 e. The van der Waals surface area contributed by atoms with Gasteiger partial charge >= 0.3 is 0 Å². The molecule has 7 nitrogen and oxygen atoms in total. The van der Waals surface area contributed by atoms with Crippen molar-refractivity contribution >= 4 is 22.0 Å². The van der Waals surface area contributed by atoms with E-state index in [0.717, 1.165) is 24.8 Å². The van der Waals surface area contributed by atoms with Crippen molar-refractivity contribution in [3.8, 4) is 0 Å². The molecule has 1 aromatic rings. The highest BCUT2D eigenvalue weighted by molar-refractivity contribution is 7.89. The summed E-state index contributed by atoms with van der Waals surface area (Å²) in [6.07, 6.45) is 5.84. The summed E-state index contributed by atoms with van der Waals surface area (Å²) in [6, 6.07) is 6.56. The molecule has 2 saturated heterocycles. The molecule has 0 N–H and O–H groups in total. The van der Waals surface area contributed by atoms with Gasteiger partial charge in [0.25, 0.3) is 0 Å². The van der Waals surface area contributed by atoms with Crippen LogP contribution in [0.15, 0.2) is 35.2 Å². The number of likely N-dealkylation sites (tertiary alicyclic amines) is 1. The number of benzene rings is 1. The van der Waals surface area contributed by atoms with Crippen molar-refractivity contribution in [1.29, 1.82) is 0 Å². The van der Waals surface area contributed by atoms with E-state index in [0.29, 0.717) is 32.8 Å². The van der Waals surface area contributed by atoms with Gasteiger partial charge in [0, 0.05) is 25.7 Å². The highest BCUT2D eigenvalue weighted by Crippen LogP contribution is 2.25. The van der Waals surface area contributed by atoms with Crippen LogP contribution in [0.3, 0.4) is 0 Å². The lowest BCUT2D eigenvalue weighted by Crippen LogP contribution is -2.49. The molecule has 1 aromatic carbocycles. The highest BCUT2D eigenvalue weighted by atomic mass is 32.2. The number of sulfonamides is 1. The normalized spacial score (nSPS) is 21.3. The van der Waals surface area contributed by atoms with E-state index in [9.17, 15) is 13.2 Å². The van der Waals surface area contributed by atoms with E-state index in [-0.39, 0.29) is 23.1 Å². The van der Waals surface area contributed by atoms with Crippen LogP contribution in [0, 0.1) is 0 Å². The van der Waals surface area contributed by atoms with Crippen LogP contribution in [0.5, 0.6) is 0 Å². The molecule has 0 aromatic heterocycles. The van der Waals surface area contributed by atoms with Gasteiger partial charge in [-0.1, -0.05) is 26.0 Å². The zero-order chi connectivity index (χ0) is 20.9. The van der Waals surface area contributed by atoms with Gasteiger partial charge in [-0.05, 0) is 43.0 Å². The maximum absolute atomic E-state index is 12.8. The summed E-state index contributed by atoms with van der Waals surface area (Å²) in [5.41, 5.74) is 0.777. The van der Waals surface area contributed by atoms with Gasteiger partial charge in [0.1, 0.15) is 0 Å². The second kappa shape index (κ2) is 9.84. The van der Waals surface area contributed by atoms with Crippen LogP contribution >= 0.6 is 0 Å². The molecule has 29 heavy (non-hydrogen) atoms. The summed E-state index contributed by atoms with van der Waals surface area (Å²) in [7, 11) is -3.48. The van der Waals surface area contributed by atoms with Crippen molar-refractivity contribution in [3.05, 3.63) is 35.9 Å². The SMILES string of the molecule is CCN(CC)S(=O)(=O)c1ccc(C=CC(=O)N2CCCCC2C2OCCO2)cc1. The minimum atomic E-state index is -3.48. The van der Waals surface area contributed by atoms with E-state index in [1.807, 2.05) is 18.7 Å². The van der Waals surface area contributed by atoms with E-state index in [1.54, 1.807) is 36.4 Å². The van der Waals surface area contributed by atoms with E-state index in [2.05, 4.69) is 0 Å². The van der Waals surface area contributed by atoms with Crippen molar-refractivity contribution in [3.63, 3.8) is 0 Å². The molecule has 0 aliphatic carbocycles. The van der Waals surface area contributed by atoms with Gasteiger partial charge in [-0.3, -0.25) is 4.79 Å². The van der Waals surface area contributed by atoms with Crippen molar-refractivity contribution in [1.82, 2.24) is 9.21 Å². The Morgan fingerprint density at radius 1 is 1.14 bits per heavy atom. The number of piperidine rings is 1. The Hall–Kier alpha value is -1.74. The van der Waals surface area contributed by atoms with Gasteiger partial charge in [0.2, 0.25) is 15.9 Å². The molecule has 2 aliphatic rings. The molecule has 0 spiro atoms. The molecule has 2 fully saturated rings. The van der Waals surface area contributed by atoms with Crippen LogP contribution in [0.2, 0.25) is 0 Å². The highest BCUT2D eigenvalue weighted by Gasteiger charge is 2.35. The molecule has 1 atom stereocenters. The number of hydrogen-bond donors (Lipinski definition) is 0. The molecule has 3 rings (SSSR count). The average molecular weight is 423 g/mol. The summed E-state index contributed by atoms with van der Waals surface area (Å²) in [6.45, 7) is 6.33. The van der Waals surface area contributed by atoms with E-state index < -0.39 is 10.0 Å². The molecule has 0 bridgehead atoms. The van der Waals surface area contributed by atoms with Crippen LogP contribution in [-0.4, -0.2) is 68.7 Å². The fourth-order valence-corrected chi connectivity index (χ4v) is 5.30. The Bertz CT molecular complexity index is 812. The second-order valence-electron chi connectivity index (χ2n) is 7.20. The Balaban J connectivity index is 1.68. The third kappa shape index (κ3) is 5.06. The molecule has 160 valence electrons. The first kappa shape index (κ1) is 22.0. The number of carbonyl (C=O) groups excluding carboxylic acids is 1. The lowest BCUT2D eigenvalue weighted by molar-refractivity contribution is -0.145. The van der Waals surface area contributed by atoms with Gasteiger partial charge in [-0.2, -0.15) is 4.31 Å². The number of nitrogens with zero attached hydrogens (tertiary/aromatic N) is 2. The Morgan fingerprint density at radius 2 is 1.79 bits per heavy atom. The van der Waals surface area contributed by atoms with Crippen LogP contribution in [0.4, 0.5) is 0 Å². The molecular weight excluding hydrogens is 392 g/mol. The smallest absolute Gasteiger partial charge is 0.246 e. The van der Waals surface area contributed by atoms with Crippen LogP contribution in [-0.2, 0) is 24.3 Å². The first-order valence-corrected chi connectivity index (χ1v) is 11.7. The van der Waals surface area contributed by atoms with E-state index in [1.165, 1.54) is 4.31 Å². The first-order valence-electron chi connectivity index (χ1n) is 10.3. The van der Waals surface area contributed by atoms with Crippen LogP contribution in [0.1, 0.15) is 38.7 Å². The fourth-order valence-electron chi connectivity index (χ4n) is 3.84. The Labute approximate surface area is 173 Å². The third-order valence-electron chi connectivity index (χ3n) is 5.44. The van der Waals surface area contributed by atoms with E-state index >= 15 is 0 Å². The molecule has 0 radical (unpaired) electrons. The number of hydrogen-bond acceptors (Lipinski definition) is 5. The van der Waals surface area contributed by atoms with Gasteiger partial charge in [-0.25, -0.2) is 8.42 Å². The number of rotatable bonds is 7. The lowest BCUT2D eigenvalue weighted by Gasteiger charge is -2.37. The Morgan fingerprint density at radius 3 is 2.41 bits per heavy atom. The molecule has 2 heterocycles. The summed E-state index contributed by atoms with van der Waals surface area (Å²) in [5.74, 6) is -0.0753. The quantitative estimate of drug-likeness (QED) is 0.631. The summed E-state index contributed by atoms with van der Waals surface area (Å²) in [5, 5.41) is 0. The maximum atomic E-state index is 12.8. The average Bonchev–Trinajstić information content (AvgIpc) is 3.28. The largest absolute Gasteiger partial charge is 0.348 e. The Kier molecular flexibility index (Phi) is 7.45. The fraction of sp³-hybridized carbons (Fsp3) is 0.571. The van der Waals surface area contributed by atoms with Gasteiger partial charge in [-0.15, -0.1) is 0 Å². The number of ether oxygens (including phenoxy) is 2. The third-order valence-corrected chi connectivity index (χ3v) is 7.50. The molecular formula is C21H30N2O5S. The first-order chi connectivity index (χ1) is 14.0. The molecule has 1 amide bonds. The predicted molar refractivity (Wildman–Crippen MR) is 111 cm³/mol. The second-order valence-corrected chi connectivity index (χ2v) is 9.13. The molecule has 8 heteroatoms. The number of carbonyl (C=O) groups is 1. The summed E-state index contributed by atoms with van der Waals surface area (Å²) >= 11 is 0. The van der Waals surface area contributed by atoms with E-state index in [4.69, 9.17) is 9.47 Å². The van der Waals surface area contributed by atoms with Crippen LogP contribution in [0.25, 0.3) is 6.08 Å². The monoisotopic (exact) mass is 422 g/mol. The topological polar surface area (TPSA) is 76.2 Å². The molecule has 1 unspecified atom stereocenters. The van der Waals surface area contributed by atoms with Crippen molar-refractivity contribution < 1.29 is 22.7 Å². The van der Waals surface area contributed by atoms with Gasteiger partial charge in [0.05, 0.1) is 24.2 Å². The van der Waals surface area contributed by atoms with Crippen LogP contribution < -0.4 is 0 Å². The standard InChI is InChI=1S/C21H30N2O5S/c1-3-22(4-2)29(25,26)18-11-8-17(9-12-18)10-13-20(24)23-14-6-5-7-19(23)21-27-15-16-28-21/h8-13,19,21H,3-7,14-16H2,1-2H3. The molecule has 0 saturated carbocycles. The van der Waals surface area contributed by atoms with Gasteiger partial charge < -0.3 is 14.4 Å². The summed E-state index contributed by atoms with van der Waals surface area (Å²) in [4.78, 5) is 14.8. The zero-order valence-electron chi connectivity index (χ0n) is 17.1. The number of amides is 1. The zero-order valence-corrected chi connectivity index (χ0v) is 17.9. The van der Waals surface area contributed by atoms with Crippen molar-refractivity contribution in [2.45, 2.75) is 50.3 Å². The maximum Gasteiger partial charge on any atom is 0.246 e. The molecule has 2 aliphatic heterocycles. The lowest BCUT2D eigenvalue weighted by atomic mass is 10.0. The van der Waals surface area contributed by atoms with Crippen molar-refractivity contribution in [2.75, 3.05) is 32.8 Å². The minimum absolute atomic E-state index is 0.0509.